The SMILES string of the molecule is CN=C(NCCc1ccc(Cl)nc1)NCCc1nc2ccccc2[nH]1. The van der Waals surface area contributed by atoms with Gasteiger partial charge in [0.25, 0.3) is 0 Å². The highest BCUT2D eigenvalue weighted by atomic mass is 35.5. The molecule has 0 aliphatic heterocycles. The molecular weight excluding hydrogens is 336 g/mol. The number of benzene rings is 1. The number of imidazole rings is 1. The number of hydrogen-bond acceptors (Lipinski definition) is 3. The van der Waals surface area contributed by atoms with Gasteiger partial charge in [0.2, 0.25) is 0 Å². The third-order valence-electron chi connectivity index (χ3n) is 3.81. The second-order valence-electron chi connectivity index (χ2n) is 5.62. The molecule has 0 saturated carbocycles. The number of fused-ring (bicyclic) bond motifs is 1. The first-order valence-electron chi connectivity index (χ1n) is 8.23. The third kappa shape index (κ3) is 4.93. The summed E-state index contributed by atoms with van der Waals surface area (Å²) in [5.74, 6) is 1.74. The first-order valence-corrected chi connectivity index (χ1v) is 8.61. The molecule has 6 nitrogen and oxygen atoms in total. The monoisotopic (exact) mass is 356 g/mol. The van der Waals surface area contributed by atoms with Crippen LogP contribution in [0.5, 0.6) is 0 Å². The number of nitrogens with one attached hydrogen (secondary N) is 3. The Kier molecular flexibility index (Phi) is 5.85. The molecule has 1 aromatic carbocycles. The van der Waals surface area contributed by atoms with E-state index in [2.05, 4.69) is 30.6 Å². The van der Waals surface area contributed by atoms with Gasteiger partial charge in [-0.3, -0.25) is 4.99 Å². The van der Waals surface area contributed by atoms with Gasteiger partial charge in [0, 0.05) is 32.8 Å². The minimum absolute atomic E-state index is 0.514. The Morgan fingerprint density at radius 1 is 1.12 bits per heavy atom. The topological polar surface area (TPSA) is 78.0 Å². The van der Waals surface area contributed by atoms with E-state index in [1.54, 1.807) is 19.3 Å². The van der Waals surface area contributed by atoms with E-state index in [0.717, 1.165) is 54.3 Å². The maximum Gasteiger partial charge on any atom is 0.191 e. The van der Waals surface area contributed by atoms with Crippen LogP contribution in [-0.4, -0.2) is 41.0 Å². The van der Waals surface area contributed by atoms with Crippen LogP contribution in [0.2, 0.25) is 5.15 Å². The van der Waals surface area contributed by atoms with Gasteiger partial charge in [0.15, 0.2) is 5.96 Å². The molecule has 25 heavy (non-hydrogen) atoms. The summed E-state index contributed by atoms with van der Waals surface area (Å²) in [5, 5.41) is 7.11. The molecule has 2 aromatic heterocycles. The van der Waals surface area contributed by atoms with Crippen LogP contribution in [0.1, 0.15) is 11.4 Å². The first kappa shape index (κ1) is 17.2. The van der Waals surface area contributed by atoms with Crippen molar-refractivity contribution in [3.8, 4) is 0 Å². The smallest absolute Gasteiger partial charge is 0.191 e. The number of aromatic nitrogens is 3. The number of guanidine groups is 1. The molecule has 0 fully saturated rings. The number of nitrogens with zero attached hydrogens (tertiary/aromatic N) is 3. The number of para-hydroxylation sites is 2. The van der Waals surface area contributed by atoms with Crippen molar-refractivity contribution in [3.63, 3.8) is 0 Å². The molecule has 0 saturated heterocycles. The highest BCUT2D eigenvalue weighted by Crippen LogP contribution is 2.10. The molecule has 0 spiro atoms. The van der Waals surface area contributed by atoms with E-state index in [-0.39, 0.29) is 0 Å². The Balaban J connectivity index is 1.42. The molecule has 0 radical (unpaired) electrons. The van der Waals surface area contributed by atoms with Gasteiger partial charge in [-0.05, 0) is 30.2 Å². The van der Waals surface area contributed by atoms with Crippen LogP contribution in [0.3, 0.4) is 0 Å². The summed E-state index contributed by atoms with van der Waals surface area (Å²) in [5.41, 5.74) is 3.20. The Morgan fingerprint density at radius 2 is 1.92 bits per heavy atom. The number of aromatic amines is 1. The van der Waals surface area contributed by atoms with Crippen molar-refractivity contribution >= 4 is 28.6 Å². The van der Waals surface area contributed by atoms with Crippen LogP contribution in [0, 0.1) is 0 Å². The lowest BCUT2D eigenvalue weighted by atomic mass is 10.2. The minimum atomic E-state index is 0.514. The van der Waals surface area contributed by atoms with Gasteiger partial charge in [-0.25, -0.2) is 9.97 Å². The largest absolute Gasteiger partial charge is 0.356 e. The first-order chi connectivity index (χ1) is 12.2. The lowest BCUT2D eigenvalue weighted by molar-refractivity contribution is 0.769. The average Bonchev–Trinajstić information content (AvgIpc) is 3.05. The molecule has 0 amide bonds. The fourth-order valence-electron chi connectivity index (χ4n) is 2.52. The van der Waals surface area contributed by atoms with Crippen molar-refractivity contribution < 1.29 is 0 Å². The van der Waals surface area contributed by atoms with Gasteiger partial charge in [-0.15, -0.1) is 0 Å². The number of H-pyrrole nitrogens is 1. The zero-order chi connectivity index (χ0) is 17.5. The normalized spacial score (nSPS) is 11.7. The summed E-state index contributed by atoms with van der Waals surface area (Å²) in [6, 6.07) is 11.8. The molecule has 3 aromatic rings. The van der Waals surface area contributed by atoms with Gasteiger partial charge < -0.3 is 15.6 Å². The Bertz CT molecular complexity index is 807. The minimum Gasteiger partial charge on any atom is -0.356 e. The standard InChI is InChI=1S/C18H21ClN6/c1-20-18(21-10-8-13-6-7-16(19)23-12-13)22-11-9-17-24-14-4-2-3-5-15(14)25-17/h2-7,12H,8-11H2,1H3,(H,24,25)(H2,20,21,22). The number of hydrogen-bond donors (Lipinski definition) is 3. The van der Waals surface area contributed by atoms with Crippen LogP contribution < -0.4 is 10.6 Å². The number of aliphatic imine (C=N–C) groups is 1. The Morgan fingerprint density at radius 3 is 2.64 bits per heavy atom. The van der Waals surface area contributed by atoms with Gasteiger partial charge in [-0.2, -0.15) is 0 Å². The zero-order valence-electron chi connectivity index (χ0n) is 14.1. The number of halogens is 1. The van der Waals surface area contributed by atoms with Crippen LogP contribution in [0.4, 0.5) is 0 Å². The summed E-state index contributed by atoms with van der Waals surface area (Å²) in [6.45, 7) is 1.52. The highest BCUT2D eigenvalue weighted by Gasteiger charge is 2.03. The van der Waals surface area contributed by atoms with E-state index in [9.17, 15) is 0 Å². The quantitative estimate of drug-likeness (QED) is 0.360. The van der Waals surface area contributed by atoms with Crippen LogP contribution >= 0.6 is 11.6 Å². The number of pyridine rings is 1. The average molecular weight is 357 g/mol. The highest BCUT2D eigenvalue weighted by molar-refractivity contribution is 6.29. The molecule has 0 unspecified atom stereocenters. The second kappa shape index (κ2) is 8.48. The molecule has 130 valence electrons. The van der Waals surface area contributed by atoms with Crippen molar-refractivity contribution in [1.82, 2.24) is 25.6 Å². The molecule has 0 atom stereocenters. The maximum atomic E-state index is 5.79. The van der Waals surface area contributed by atoms with E-state index in [4.69, 9.17) is 11.6 Å². The predicted octanol–water partition coefficient (Wildman–Crippen LogP) is 2.56. The van der Waals surface area contributed by atoms with E-state index in [0.29, 0.717) is 5.15 Å². The van der Waals surface area contributed by atoms with Crippen molar-refractivity contribution in [2.24, 2.45) is 4.99 Å². The zero-order valence-corrected chi connectivity index (χ0v) is 14.8. The van der Waals surface area contributed by atoms with E-state index < -0.39 is 0 Å². The van der Waals surface area contributed by atoms with Crippen LogP contribution in [0.25, 0.3) is 11.0 Å². The number of rotatable bonds is 6. The van der Waals surface area contributed by atoms with Crippen molar-refractivity contribution in [3.05, 3.63) is 59.1 Å². The molecule has 3 rings (SSSR count). The van der Waals surface area contributed by atoms with Crippen molar-refractivity contribution in [2.45, 2.75) is 12.8 Å². The Labute approximate surface area is 151 Å². The predicted molar refractivity (Wildman–Crippen MR) is 102 cm³/mol. The van der Waals surface area contributed by atoms with Gasteiger partial charge >= 0.3 is 0 Å². The summed E-state index contributed by atoms with van der Waals surface area (Å²) >= 11 is 5.79. The molecule has 2 heterocycles. The lowest BCUT2D eigenvalue weighted by Gasteiger charge is -2.11. The van der Waals surface area contributed by atoms with E-state index in [1.807, 2.05) is 30.3 Å². The Hall–Kier alpha value is -2.60. The summed E-state index contributed by atoms with van der Waals surface area (Å²) in [7, 11) is 1.76. The fourth-order valence-corrected chi connectivity index (χ4v) is 2.64. The van der Waals surface area contributed by atoms with Gasteiger partial charge in [0.1, 0.15) is 11.0 Å². The fraction of sp³-hybridized carbons (Fsp3) is 0.278. The van der Waals surface area contributed by atoms with Crippen LogP contribution in [-0.2, 0) is 12.8 Å². The molecule has 3 N–H and O–H groups in total. The van der Waals surface area contributed by atoms with Crippen molar-refractivity contribution in [2.75, 3.05) is 20.1 Å². The maximum absolute atomic E-state index is 5.79. The molecular formula is C18H21ClN6. The van der Waals surface area contributed by atoms with Gasteiger partial charge in [-0.1, -0.05) is 29.8 Å². The molecule has 0 aliphatic carbocycles. The van der Waals surface area contributed by atoms with E-state index in [1.165, 1.54) is 0 Å². The lowest BCUT2D eigenvalue weighted by Crippen LogP contribution is -2.39. The van der Waals surface area contributed by atoms with Gasteiger partial charge in [0.05, 0.1) is 11.0 Å². The second-order valence-corrected chi connectivity index (χ2v) is 6.00. The van der Waals surface area contributed by atoms with E-state index >= 15 is 0 Å². The molecule has 7 heteroatoms. The summed E-state index contributed by atoms with van der Waals surface area (Å²) < 4.78 is 0. The summed E-state index contributed by atoms with van der Waals surface area (Å²) in [6.07, 6.45) is 3.45. The third-order valence-corrected chi connectivity index (χ3v) is 4.03. The summed E-state index contributed by atoms with van der Waals surface area (Å²) in [4.78, 5) is 16.2. The molecule has 0 aliphatic rings. The van der Waals surface area contributed by atoms with Crippen molar-refractivity contribution in [1.29, 1.82) is 0 Å². The van der Waals surface area contributed by atoms with Crippen LogP contribution in [0.15, 0.2) is 47.6 Å². The molecule has 0 bridgehead atoms.